The molecule has 0 atom stereocenters. The average Bonchev–Trinajstić information content (AvgIpc) is 2.19. The third kappa shape index (κ3) is 2.38. The molecule has 0 bridgehead atoms. The summed E-state index contributed by atoms with van der Waals surface area (Å²) in [5.74, 6) is 0.556. The van der Waals surface area contributed by atoms with E-state index < -0.39 is 9.84 Å². The lowest BCUT2D eigenvalue weighted by Gasteiger charge is -2.30. The van der Waals surface area contributed by atoms with Crippen LogP contribution in [0.2, 0.25) is 0 Å². The smallest absolute Gasteiger partial charge is 0.153 e. The minimum atomic E-state index is -2.79. The molecule has 0 amide bonds. The summed E-state index contributed by atoms with van der Waals surface area (Å²) in [6, 6.07) is 6.30. The van der Waals surface area contributed by atoms with Gasteiger partial charge in [-0.2, -0.15) is 0 Å². The number of rotatable bonds is 1. The first-order chi connectivity index (χ1) is 7.48. The van der Waals surface area contributed by atoms with Gasteiger partial charge in [-0.25, -0.2) is 8.42 Å². The van der Waals surface area contributed by atoms with E-state index in [0.29, 0.717) is 13.1 Å². The molecule has 0 N–H and O–H groups in total. The average molecular weight is 239 g/mol. The molecule has 1 aromatic carbocycles. The van der Waals surface area contributed by atoms with E-state index in [2.05, 4.69) is 36.9 Å². The monoisotopic (exact) mass is 239 g/mol. The topological polar surface area (TPSA) is 37.4 Å². The predicted molar refractivity (Wildman–Crippen MR) is 66.8 cm³/mol. The number of aryl methyl sites for hydroxylation is 2. The van der Waals surface area contributed by atoms with Crippen molar-refractivity contribution >= 4 is 15.5 Å². The molecule has 1 fully saturated rings. The van der Waals surface area contributed by atoms with Crippen LogP contribution in [0.25, 0.3) is 0 Å². The number of anilines is 1. The number of hydrogen-bond acceptors (Lipinski definition) is 3. The van der Waals surface area contributed by atoms with Crippen molar-refractivity contribution in [1.29, 1.82) is 0 Å². The first-order valence-electron chi connectivity index (χ1n) is 5.50. The highest BCUT2D eigenvalue weighted by Gasteiger charge is 2.22. The van der Waals surface area contributed by atoms with Crippen LogP contribution in [-0.2, 0) is 9.84 Å². The Morgan fingerprint density at radius 2 is 1.75 bits per heavy atom. The van der Waals surface area contributed by atoms with Crippen molar-refractivity contribution < 1.29 is 8.42 Å². The molecule has 3 nitrogen and oxygen atoms in total. The van der Waals surface area contributed by atoms with Gasteiger partial charge in [0.25, 0.3) is 0 Å². The number of hydrogen-bond donors (Lipinski definition) is 0. The summed E-state index contributed by atoms with van der Waals surface area (Å²) in [5.41, 5.74) is 3.63. The van der Waals surface area contributed by atoms with Crippen molar-refractivity contribution in [2.24, 2.45) is 0 Å². The molecule has 0 unspecified atom stereocenters. The third-order valence-electron chi connectivity index (χ3n) is 3.04. The molecular weight excluding hydrogens is 222 g/mol. The highest BCUT2D eigenvalue weighted by molar-refractivity contribution is 7.91. The Hall–Kier alpha value is -1.03. The Bertz CT molecular complexity index is 480. The molecule has 1 aliphatic rings. The molecule has 0 aromatic heterocycles. The number of sulfone groups is 1. The van der Waals surface area contributed by atoms with E-state index in [4.69, 9.17) is 0 Å². The molecule has 2 rings (SSSR count). The summed E-state index contributed by atoms with van der Waals surface area (Å²) < 4.78 is 22.7. The van der Waals surface area contributed by atoms with E-state index in [9.17, 15) is 8.42 Å². The second-order valence-electron chi connectivity index (χ2n) is 4.43. The van der Waals surface area contributed by atoms with Gasteiger partial charge in [0, 0.05) is 18.8 Å². The van der Waals surface area contributed by atoms with Crippen LogP contribution in [0.4, 0.5) is 5.69 Å². The van der Waals surface area contributed by atoms with Gasteiger partial charge in [-0.15, -0.1) is 0 Å². The largest absolute Gasteiger partial charge is 0.369 e. The van der Waals surface area contributed by atoms with Crippen LogP contribution in [0.15, 0.2) is 18.2 Å². The molecule has 0 radical (unpaired) electrons. The normalized spacial score (nSPS) is 19.8. The van der Waals surface area contributed by atoms with Crippen LogP contribution in [0.5, 0.6) is 0 Å². The van der Waals surface area contributed by atoms with Crippen molar-refractivity contribution in [3.8, 4) is 0 Å². The first-order valence-corrected chi connectivity index (χ1v) is 7.33. The highest BCUT2D eigenvalue weighted by atomic mass is 32.2. The van der Waals surface area contributed by atoms with E-state index >= 15 is 0 Å². The zero-order valence-corrected chi connectivity index (χ0v) is 10.5. The lowest BCUT2D eigenvalue weighted by atomic mass is 10.1. The molecule has 1 saturated heterocycles. The van der Waals surface area contributed by atoms with Crippen molar-refractivity contribution in [3.05, 3.63) is 29.3 Å². The van der Waals surface area contributed by atoms with Gasteiger partial charge in [-0.3, -0.25) is 0 Å². The lowest BCUT2D eigenvalue weighted by molar-refractivity contribution is 0.586. The van der Waals surface area contributed by atoms with Crippen molar-refractivity contribution in [2.45, 2.75) is 13.8 Å². The maximum absolute atomic E-state index is 11.3. The van der Waals surface area contributed by atoms with Crippen LogP contribution < -0.4 is 4.90 Å². The molecule has 4 heteroatoms. The second-order valence-corrected chi connectivity index (χ2v) is 6.73. The number of nitrogens with zero attached hydrogens (tertiary/aromatic N) is 1. The SMILES string of the molecule is Cc1ccc(N2CCS(=O)(=O)CC2)c(C)c1. The molecule has 1 aromatic rings. The Kier molecular flexibility index (Phi) is 2.93. The van der Waals surface area contributed by atoms with Gasteiger partial charge in [0.15, 0.2) is 9.84 Å². The van der Waals surface area contributed by atoms with Crippen LogP contribution in [0.1, 0.15) is 11.1 Å². The Labute approximate surface area is 97.0 Å². The molecule has 0 saturated carbocycles. The summed E-state index contributed by atoms with van der Waals surface area (Å²) in [6.07, 6.45) is 0. The molecule has 0 spiro atoms. The Morgan fingerprint density at radius 3 is 2.31 bits per heavy atom. The highest BCUT2D eigenvalue weighted by Crippen LogP contribution is 2.22. The quantitative estimate of drug-likeness (QED) is 0.746. The summed E-state index contributed by atoms with van der Waals surface area (Å²) in [5, 5.41) is 0. The van der Waals surface area contributed by atoms with E-state index in [1.54, 1.807) is 0 Å². The van der Waals surface area contributed by atoms with E-state index in [0.717, 1.165) is 0 Å². The van der Waals surface area contributed by atoms with Crippen molar-refractivity contribution in [2.75, 3.05) is 29.5 Å². The van der Waals surface area contributed by atoms with Gasteiger partial charge >= 0.3 is 0 Å². The van der Waals surface area contributed by atoms with Crippen molar-refractivity contribution in [1.82, 2.24) is 0 Å². The Balaban J connectivity index is 2.20. The first kappa shape index (κ1) is 11.5. The van der Waals surface area contributed by atoms with E-state index in [1.807, 2.05) is 0 Å². The van der Waals surface area contributed by atoms with Crippen LogP contribution in [0, 0.1) is 13.8 Å². The van der Waals surface area contributed by atoms with Gasteiger partial charge in [0.2, 0.25) is 0 Å². The molecule has 16 heavy (non-hydrogen) atoms. The zero-order valence-electron chi connectivity index (χ0n) is 9.73. The molecule has 0 aliphatic carbocycles. The fraction of sp³-hybridized carbons (Fsp3) is 0.500. The third-order valence-corrected chi connectivity index (χ3v) is 4.65. The summed E-state index contributed by atoms with van der Waals surface area (Å²) in [6.45, 7) is 5.38. The van der Waals surface area contributed by atoms with Gasteiger partial charge in [0.1, 0.15) is 0 Å². The van der Waals surface area contributed by atoms with Crippen LogP contribution >= 0.6 is 0 Å². The van der Waals surface area contributed by atoms with E-state index in [1.165, 1.54) is 16.8 Å². The molecule has 88 valence electrons. The maximum Gasteiger partial charge on any atom is 0.153 e. The molecular formula is C12H17NO2S. The van der Waals surface area contributed by atoms with Gasteiger partial charge in [-0.05, 0) is 25.5 Å². The molecule has 1 heterocycles. The van der Waals surface area contributed by atoms with Gasteiger partial charge in [-0.1, -0.05) is 17.7 Å². The zero-order chi connectivity index (χ0) is 11.8. The second kappa shape index (κ2) is 4.09. The van der Waals surface area contributed by atoms with Crippen molar-refractivity contribution in [3.63, 3.8) is 0 Å². The molecule has 1 aliphatic heterocycles. The minimum absolute atomic E-state index is 0.278. The minimum Gasteiger partial charge on any atom is -0.369 e. The standard InChI is InChI=1S/C12H17NO2S/c1-10-3-4-12(11(2)9-10)13-5-7-16(14,15)8-6-13/h3-4,9H,5-8H2,1-2H3. The summed E-state index contributed by atoms with van der Waals surface area (Å²) in [4.78, 5) is 2.16. The Morgan fingerprint density at radius 1 is 1.12 bits per heavy atom. The fourth-order valence-electron chi connectivity index (χ4n) is 2.11. The summed E-state index contributed by atoms with van der Waals surface area (Å²) in [7, 11) is -2.79. The predicted octanol–water partition coefficient (Wildman–Crippen LogP) is 1.54. The number of benzene rings is 1. The fourth-order valence-corrected chi connectivity index (χ4v) is 3.31. The van der Waals surface area contributed by atoms with Gasteiger partial charge < -0.3 is 4.90 Å². The van der Waals surface area contributed by atoms with Crippen LogP contribution in [0.3, 0.4) is 0 Å². The van der Waals surface area contributed by atoms with E-state index in [-0.39, 0.29) is 11.5 Å². The maximum atomic E-state index is 11.3. The van der Waals surface area contributed by atoms with Crippen LogP contribution in [-0.4, -0.2) is 33.0 Å². The van der Waals surface area contributed by atoms with Gasteiger partial charge in [0.05, 0.1) is 11.5 Å². The summed E-state index contributed by atoms with van der Waals surface area (Å²) >= 11 is 0. The lowest BCUT2D eigenvalue weighted by Crippen LogP contribution is -2.40.